The number of benzene rings is 1. The molecule has 0 radical (unpaired) electrons. The Morgan fingerprint density at radius 3 is 2.50 bits per heavy atom. The lowest BCUT2D eigenvalue weighted by Crippen LogP contribution is -1.94. The van der Waals surface area contributed by atoms with Crippen LogP contribution in [-0.2, 0) is 12.9 Å². The summed E-state index contributed by atoms with van der Waals surface area (Å²) in [6.45, 7) is 0. The minimum atomic E-state index is 0.435. The van der Waals surface area contributed by atoms with Gasteiger partial charge in [-0.3, -0.25) is 4.68 Å². The second kappa shape index (κ2) is 4.58. The van der Waals surface area contributed by atoms with Crippen molar-refractivity contribution in [2.45, 2.75) is 5.88 Å². The van der Waals surface area contributed by atoms with Gasteiger partial charge in [0.25, 0.3) is 0 Å². The fourth-order valence-corrected chi connectivity index (χ4v) is 1.75. The number of alkyl halides is 1. The maximum absolute atomic E-state index is 5.75. The fourth-order valence-electron chi connectivity index (χ4n) is 1.62. The molecule has 0 unspecified atom stereocenters. The van der Waals surface area contributed by atoms with Crippen LogP contribution < -0.4 is 4.74 Å². The molecule has 0 N–H and O–H groups in total. The van der Waals surface area contributed by atoms with E-state index in [1.165, 1.54) is 0 Å². The number of aromatic nitrogens is 2. The molecule has 2 aromatic rings. The first-order valence-corrected chi connectivity index (χ1v) is 5.51. The Morgan fingerprint density at radius 1 is 1.31 bits per heavy atom. The van der Waals surface area contributed by atoms with Crippen molar-refractivity contribution in [2.24, 2.45) is 7.05 Å². The van der Waals surface area contributed by atoms with Crippen LogP contribution in [-0.4, -0.2) is 16.9 Å². The Bertz CT molecular complexity index is 476. The van der Waals surface area contributed by atoms with Crippen molar-refractivity contribution in [3.8, 4) is 17.0 Å². The van der Waals surface area contributed by atoms with Crippen molar-refractivity contribution < 1.29 is 4.74 Å². The van der Waals surface area contributed by atoms with Gasteiger partial charge in [0, 0.05) is 12.6 Å². The summed E-state index contributed by atoms with van der Waals surface area (Å²) in [4.78, 5) is 0. The lowest BCUT2D eigenvalue weighted by atomic mass is 10.1. The summed E-state index contributed by atoms with van der Waals surface area (Å²) in [7, 11) is 3.57. The Balaban J connectivity index is 2.38. The molecule has 0 bridgehead atoms. The van der Waals surface area contributed by atoms with Gasteiger partial charge in [-0.1, -0.05) is 0 Å². The van der Waals surface area contributed by atoms with Crippen LogP contribution >= 0.6 is 11.6 Å². The van der Waals surface area contributed by atoms with Crippen LogP contribution in [0.15, 0.2) is 30.3 Å². The lowest BCUT2D eigenvalue weighted by molar-refractivity contribution is 0.415. The zero-order chi connectivity index (χ0) is 11.5. The van der Waals surface area contributed by atoms with E-state index in [1.807, 2.05) is 42.1 Å². The first kappa shape index (κ1) is 11.0. The Hall–Kier alpha value is -1.48. The second-order valence-electron chi connectivity index (χ2n) is 3.51. The van der Waals surface area contributed by atoms with Crippen LogP contribution in [0.25, 0.3) is 11.3 Å². The number of nitrogens with zero attached hydrogens (tertiary/aromatic N) is 2. The first-order chi connectivity index (χ1) is 7.74. The van der Waals surface area contributed by atoms with Crippen LogP contribution in [0.3, 0.4) is 0 Å². The molecule has 2 rings (SSSR count). The van der Waals surface area contributed by atoms with E-state index in [0.717, 1.165) is 22.7 Å². The first-order valence-electron chi connectivity index (χ1n) is 4.98. The van der Waals surface area contributed by atoms with Crippen LogP contribution in [0.1, 0.15) is 5.69 Å². The van der Waals surface area contributed by atoms with Crippen molar-refractivity contribution in [1.29, 1.82) is 0 Å². The van der Waals surface area contributed by atoms with Gasteiger partial charge in [-0.2, -0.15) is 5.10 Å². The minimum Gasteiger partial charge on any atom is -0.497 e. The molecule has 16 heavy (non-hydrogen) atoms. The highest BCUT2D eigenvalue weighted by molar-refractivity contribution is 6.16. The molecule has 0 aliphatic heterocycles. The van der Waals surface area contributed by atoms with Crippen LogP contribution in [0.2, 0.25) is 0 Å². The summed E-state index contributed by atoms with van der Waals surface area (Å²) < 4.78 is 6.95. The van der Waals surface area contributed by atoms with Crippen LogP contribution in [0.5, 0.6) is 5.75 Å². The smallest absolute Gasteiger partial charge is 0.118 e. The fraction of sp³-hybridized carbons (Fsp3) is 0.250. The van der Waals surface area contributed by atoms with Gasteiger partial charge in [0.05, 0.1) is 24.4 Å². The predicted octanol–water partition coefficient (Wildman–Crippen LogP) is 2.83. The Morgan fingerprint density at radius 2 is 2.00 bits per heavy atom. The molecule has 0 saturated carbocycles. The number of aryl methyl sites for hydroxylation is 1. The van der Waals surface area contributed by atoms with E-state index in [1.54, 1.807) is 7.11 Å². The van der Waals surface area contributed by atoms with Crippen molar-refractivity contribution in [2.75, 3.05) is 7.11 Å². The molecule has 0 aliphatic rings. The molecule has 4 heteroatoms. The molecule has 0 atom stereocenters. The molecule has 0 spiro atoms. The zero-order valence-corrected chi connectivity index (χ0v) is 10.0. The number of rotatable bonds is 3. The van der Waals surface area contributed by atoms with E-state index >= 15 is 0 Å². The number of hydrogen-bond donors (Lipinski definition) is 0. The molecule has 0 aliphatic carbocycles. The van der Waals surface area contributed by atoms with E-state index < -0.39 is 0 Å². The Labute approximate surface area is 99.6 Å². The van der Waals surface area contributed by atoms with Crippen LogP contribution in [0.4, 0.5) is 0 Å². The van der Waals surface area contributed by atoms with Crippen molar-refractivity contribution in [1.82, 2.24) is 9.78 Å². The average Bonchev–Trinajstić information content (AvgIpc) is 2.71. The second-order valence-corrected chi connectivity index (χ2v) is 3.77. The third-order valence-corrected chi connectivity index (χ3v) is 2.73. The monoisotopic (exact) mass is 236 g/mol. The summed E-state index contributed by atoms with van der Waals surface area (Å²) in [5.74, 6) is 1.28. The summed E-state index contributed by atoms with van der Waals surface area (Å²) in [6, 6.07) is 9.88. The molecule has 0 saturated heterocycles. The van der Waals surface area contributed by atoms with Gasteiger partial charge >= 0.3 is 0 Å². The molecule has 3 nitrogen and oxygen atoms in total. The van der Waals surface area contributed by atoms with Crippen molar-refractivity contribution in [3.63, 3.8) is 0 Å². The van der Waals surface area contributed by atoms with Gasteiger partial charge in [0.2, 0.25) is 0 Å². The molecule has 84 valence electrons. The third-order valence-electron chi connectivity index (χ3n) is 2.45. The number of hydrogen-bond acceptors (Lipinski definition) is 2. The zero-order valence-electron chi connectivity index (χ0n) is 9.27. The van der Waals surface area contributed by atoms with E-state index in [0.29, 0.717) is 5.88 Å². The topological polar surface area (TPSA) is 27.1 Å². The third kappa shape index (κ3) is 2.04. The van der Waals surface area contributed by atoms with E-state index in [-0.39, 0.29) is 0 Å². The van der Waals surface area contributed by atoms with Crippen molar-refractivity contribution in [3.05, 3.63) is 36.0 Å². The molecule has 1 heterocycles. The maximum atomic E-state index is 5.75. The number of ether oxygens (including phenoxy) is 1. The molecule has 0 fully saturated rings. The van der Waals surface area contributed by atoms with E-state index in [2.05, 4.69) is 5.10 Å². The highest BCUT2D eigenvalue weighted by atomic mass is 35.5. The number of halogens is 1. The average molecular weight is 237 g/mol. The molecule has 1 aromatic carbocycles. The lowest BCUT2D eigenvalue weighted by Gasteiger charge is -2.03. The van der Waals surface area contributed by atoms with Gasteiger partial charge in [-0.25, -0.2) is 0 Å². The highest BCUT2D eigenvalue weighted by Crippen LogP contribution is 2.23. The SMILES string of the molecule is COc1ccc(-c2cc(CCl)nn2C)cc1. The van der Waals surface area contributed by atoms with Crippen LogP contribution in [0, 0.1) is 0 Å². The quantitative estimate of drug-likeness (QED) is 0.767. The van der Waals surface area contributed by atoms with E-state index in [9.17, 15) is 0 Å². The van der Waals surface area contributed by atoms with Gasteiger partial charge in [-0.15, -0.1) is 11.6 Å². The molecule has 0 amide bonds. The van der Waals surface area contributed by atoms with Gasteiger partial charge in [0.1, 0.15) is 5.75 Å². The molecular formula is C12H13ClN2O. The predicted molar refractivity (Wildman–Crippen MR) is 64.8 cm³/mol. The molecule has 1 aromatic heterocycles. The summed E-state index contributed by atoms with van der Waals surface area (Å²) >= 11 is 5.75. The van der Waals surface area contributed by atoms with Gasteiger partial charge in [0.15, 0.2) is 0 Å². The van der Waals surface area contributed by atoms with Gasteiger partial charge in [-0.05, 0) is 30.3 Å². The Kier molecular flexibility index (Phi) is 3.15. The summed E-state index contributed by atoms with van der Waals surface area (Å²) in [6.07, 6.45) is 0. The minimum absolute atomic E-state index is 0.435. The normalized spacial score (nSPS) is 10.4. The maximum Gasteiger partial charge on any atom is 0.118 e. The van der Waals surface area contributed by atoms with Gasteiger partial charge < -0.3 is 4.74 Å². The summed E-state index contributed by atoms with van der Waals surface area (Å²) in [5, 5.41) is 4.30. The standard InChI is InChI=1S/C12H13ClN2O/c1-15-12(7-10(8-13)14-15)9-3-5-11(16-2)6-4-9/h3-7H,8H2,1-2H3. The summed E-state index contributed by atoms with van der Waals surface area (Å²) in [5.41, 5.74) is 3.04. The number of methoxy groups -OCH3 is 1. The molecular weight excluding hydrogens is 224 g/mol. The largest absolute Gasteiger partial charge is 0.497 e. The van der Waals surface area contributed by atoms with Crippen molar-refractivity contribution >= 4 is 11.6 Å². The van der Waals surface area contributed by atoms with E-state index in [4.69, 9.17) is 16.3 Å². The highest BCUT2D eigenvalue weighted by Gasteiger charge is 2.06.